The highest BCUT2D eigenvalue weighted by atomic mass is 16.6. The molecular weight excluding hydrogens is 228 g/mol. The van der Waals surface area contributed by atoms with Crippen molar-refractivity contribution in [3.05, 3.63) is 35.8 Å². The maximum absolute atomic E-state index is 11.8. The number of carbonyl (C=O) groups excluding carboxylic acids is 1. The van der Waals surface area contributed by atoms with E-state index in [1.807, 2.05) is 50.3 Å². The van der Waals surface area contributed by atoms with Gasteiger partial charge in [0.1, 0.15) is 11.2 Å². The van der Waals surface area contributed by atoms with Crippen molar-refractivity contribution in [1.82, 2.24) is 9.38 Å². The van der Waals surface area contributed by atoms with Crippen LogP contribution in [0.2, 0.25) is 0 Å². The van der Waals surface area contributed by atoms with Gasteiger partial charge in [0.15, 0.2) is 0 Å². The minimum absolute atomic E-state index is 0.219. The van der Waals surface area contributed by atoms with Crippen molar-refractivity contribution in [2.24, 2.45) is 0 Å². The van der Waals surface area contributed by atoms with E-state index in [1.54, 1.807) is 6.20 Å². The fourth-order valence-corrected chi connectivity index (χ4v) is 1.93. The van der Waals surface area contributed by atoms with Crippen molar-refractivity contribution >= 4 is 11.6 Å². The molecule has 0 unspecified atom stereocenters. The molecule has 0 bridgehead atoms. The Bertz CT molecular complexity index is 579. The molecule has 0 radical (unpaired) electrons. The van der Waals surface area contributed by atoms with Crippen molar-refractivity contribution in [2.75, 3.05) is 0 Å². The number of pyridine rings is 1. The van der Waals surface area contributed by atoms with Gasteiger partial charge in [-0.25, -0.2) is 4.98 Å². The number of hydrogen-bond acceptors (Lipinski definition) is 3. The van der Waals surface area contributed by atoms with E-state index in [-0.39, 0.29) is 12.4 Å². The summed E-state index contributed by atoms with van der Waals surface area (Å²) < 4.78 is 7.31. The smallest absolute Gasteiger partial charge is 0.312 e. The third-order valence-electron chi connectivity index (χ3n) is 2.53. The number of aromatic nitrogens is 2. The molecule has 0 aliphatic carbocycles. The second-order valence-electron chi connectivity index (χ2n) is 5.37. The SMILES string of the molecule is Cc1cnc2cccc(CC(=O)OC(C)(C)C)n12. The second kappa shape index (κ2) is 4.44. The first-order valence-electron chi connectivity index (χ1n) is 6.00. The van der Waals surface area contributed by atoms with E-state index in [9.17, 15) is 4.79 Å². The van der Waals surface area contributed by atoms with E-state index >= 15 is 0 Å². The molecule has 0 saturated heterocycles. The first-order chi connectivity index (χ1) is 8.37. The predicted octanol–water partition coefficient (Wildman–Crippen LogP) is 2.53. The molecule has 4 nitrogen and oxygen atoms in total. The molecule has 2 aromatic rings. The first kappa shape index (κ1) is 12.6. The molecular formula is C14H18N2O2. The number of imidazole rings is 1. The molecule has 2 rings (SSSR count). The van der Waals surface area contributed by atoms with E-state index in [1.165, 1.54) is 0 Å². The Morgan fingerprint density at radius 2 is 2.11 bits per heavy atom. The lowest BCUT2D eigenvalue weighted by Crippen LogP contribution is -2.25. The Kier molecular flexibility index (Phi) is 3.11. The van der Waals surface area contributed by atoms with Crippen molar-refractivity contribution in [1.29, 1.82) is 0 Å². The minimum Gasteiger partial charge on any atom is -0.460 e. The van der Waals surface area contributed by atoms with Gasteiger partial charge in [-0.15, -0.1) is 0 Å². The first-order valence-corrected chi connectivity index (χ1v) is 6.00. The van der Waals surface area contributed by atoms with Gasteiger partial charge in [0.2, 0.25) is 0 Å². The van der Waals surface area contributed by atoms with Crippen LogP contribution in [-0.4, -0.2) is 21.0 Å². The van der Waals surface area contributed by atoms with Gasteiger partial charge < -0.3 is 9.14 Å². The standard InChI is InChI=1S/C14H18N2O2/c1-10-9-15-12-7-5-6-11(16(10)12)8-13(17)18-14(2,3)4/h5-7,9H,8H2,1-4H3. The van der Waals surface area contributed by atoms with Crippen LogP contribution < -0.4 is 0 Å². The Morgan fingerprint density at radius 3 is 2.78 bits per heavy atom. The number of rotatable bonds is 2. The molecule has 0 fully saturated rings. The predicted molar refractivity (Wildman–Crippen MR) is 69.5 cm³/mol. The van der Waals surface area contributed by atoms with Crippen LogP contribution in [0.3, 0.4) is 0 Å². The van der Waals surface area contributed by atoms with E-state index in [0.29, 0.717) is 0 Å². The van der Waals surface area contributed by atoms with Gasteiger partial charge in [-0.1, -0.05) is 6.07 Å². The maximum atomic E-state index is 11.8. The van der Waals surface area contributed by atoms with Gasteiger partial charge >= 0.3 is 5.97 Å². The minimum atomic E-state index is -0.449. The molecule has 2 aromatic heterocycles. The maximum Gasteiger partial charge on any atom is 0.312 e. The topological polar surface area (TPSA) is 43.6 Å². The average Bonchev–Trinajstić information content (AvgIpc) is 2.58. The zero-order chi connectivity index (χ0) is 13.3. The second-order valence-corrected chi connectivity index (χ2v) is 5.37. The molecule has 0 atom stereocenters. The molecule has 0 N–H and O–H groups in total. The van der Waals surface area contributed by atoms with Crippen LogP contribution in [-0.2, 0) is 16.0 Å². The Labute approximate surface area is 107 Å². The van der Waals surface area contributed by atoms with E-state index in [0.717, 1.165) is 17.0 Å². The summed E-state index contributed by atoms with van der Waals surface area (Å²) in [5.74, 6) is -0.219. The number of hydrogen-bond donors (Lipinski definition) is 0. The summed E-state index contributed by atoms with van der Waals surface area (Å²) in [6.45, 7) is 7.58. The van der Waals surface area contributed by atoms with Crippen LogP contribution in [0.15, 0.2) is 24.4 Å². The van der Waals surface area contributed by atoms with Crippen molar-refractivity contribution in [2.45, 2.75) is 39.7 Å². The summed E-state index contributed by atoms with van der Waals surface area (Å²) in [5.41, 5.74) is 2.32. The quantitative estimate of drug-likeness (QED) is 0.765. The highest BCUT2D eigenvalue weighted by Gasteiger charge is 2.17. The lowest BCUT2D eigenvalue weighted by Gasteiger charge is -2.19. The highest BCUT2D eigenvalue weighted by Crippen LogP contribution is 2.13. The summed E-state index contributed by atoms with van der Waals surface area (Å²) in [4.78, 5) is 16.1. The number of nitrogens with zero attached hydrogens (tertiary/aromatic N) is 2. The van der Waals surface area contributed by atoms with Crippen molar-refractivity contribution in [3.63, 3.8) is 0 Å². The van der Waals surface area contributed by atoms with Gasteiger partial charge in [0.05, 0.1) is 6.42 Å². The fraction of sp³-hybridized carbons (Fsp3) is 0.429. The number of ether oxygens (including phenoxy) is 1. The van der Waals surface area contributed by atoms with Crippen LogP contribution >= 0.6 is 0 Å². The van der Waals surface area contributed by atoms with Crippen LogP contribution in [0.4, 0.5) is 0 Å². The number of carbonyl (C=O) groups is 1. The van der Waals surface area contributed by atoms with Gasteiger partial charge in [-0.3, -0.25) is 4.79 Å². The molecule has 0 aliphatic rings. The van der Waals surface area contributed by atoms with Gasteiger partial charge in [-0.2, -0.15) is 0 Å². The summed E-state index contributed by atoms with van der Waals surface area (Å²) in [7, 11) is 0. The third kappa shape index (κ3) is 2.70. The third-order valence-corrected chi connectivity index (χ3v) is 2.53. The summed E-state index contributed by atoms with van der Waals surface area (Å²) >= 11 is 0. The highest BCUT2D eigenvalue weighted by molar-refractivity contribution is 5.72. The van der Waals surface area contributed by atoms with E-state index in [4.69, 9.17) is 4.74 Å². The molecule has 0 aromatic carbocycles. The molecule has 4 heteroatoms. The van der Waals surface area contributed by atoms with Crippen LogP contribution in [0, 0.1) is 6.92 Å². The molecule has 0 saturated carbocycles. The molecule has 0 amide bonds. The van der Waals surface area contributed by atoms with E-state index in [2.05, 4.69) is 4.98 Å². The Hall–Kier alpha value is -1.84. The normalized spacial score (nSPS) is 11.8. The fourth-order valence-electron chi connectivity index (χ4n) is 1.93. The monoisotopic (exact) mass is 246 g/mol. The summed E-state index contributed by atoms with van der Waals surface area (Å²) in [5, 5.41) is 0. The summed E-state index contributed by atoms with van der Waals surface area (Å²) in [6.07, 6.45) is 2.06. The largest absolute Gasteiger partial charge is 0.460 e. The number of fused-ring (bicyclic) bond motifs is 1. The van der Waals surface area contributed by atoms with Crippen molar-refractivity contribution in [3.8, 4) is 0 Å². The molecule has 96 valence electrons. The van der Waals surface area contributed by atoms with Gasteiger partial charge in [0, 0.05) is 17.6 Å². The van der Waals surface area contributed by atoms with Gasteiger partial charge in [0.25, 0.3) is 0 Å². The van der Waals surface area contributed by atoms with Crippen LogP contribution in [0.25, 0.3) is 5.65 Å². The number of aryl methyl sites for hydroxylation is 1. The van der Waals surface area contributed by atoms with Gasteiger partial charge in [-0.05, 0) is 39.8 Å². The zero-order valence-corrected chi connectivity index (χ0v) is 11.2. The Morgan fingerprint density at radius 1 is 1.39 bits per heavy atom. The summed E-state index contributed by atoms with van der Waals surface area (Å²) in [6, 6.07) is 5.75. The lowest BCUT2D eigenvalue weighted by atomic mass is 10.2. The lowest BCUT2D eigenvalue weighted by molar-refractivity contribution is -0.154. The average molecular weight is 246 g/mol. The van der Waals surface area contributed by atoms with Crippen LogP contribution in [0.5, 0.6) is 0 Å². The Balaban J connectivity index is 2.27. The molecule has 0 aliphatic heterocycles. The van der Waals surface area contributed by atoms with Crippen molar-refractivity contribution < 1.29 is 9.53 Å². The molecule has 2 heterocycles. The van der Waals surface area contributed by atoms with E-state index < -0.39 is 5.60 Å². The van der Waals surface area contributed by atoms with Crippen LogP contribution in [0.1, 0.15) is 32.2 Å². The molecule has 18 heavy (non-hydrogen) atoms. The zero-order valence-electron chi connectivity index (χ0n) is 11.2. The molecule has 0 spiro atoms. The number of esters is 1.